The zero-order valence-corrected chi connectivity index (χ0v) is 11.4. The summed E-state index contributed by atoms with van der Waals surface area (Å²) in [5.74, 6) is 0. The fourth-order valence-electron chi connectivity index (χ4n) is 1.97. The maximum atomic E-state index is 6.10. The number of benzene rings is 2. The van der Waals surface area contributed by atoms with E-state index >= 15 is 0 Å². The van der Waals surface area contributed by atoms with Gasteiger partial charge in [0.2, 0.25) is 0 Å². The molecule has 0 bridgehead atoms. The molecule has 0 fully saturated rings. The second-order valence-electron chi connectivity index (χ2n) is 4.51. The van der Waals surface area contributed by atoms with Crippen molar-refractivity contribution in [3.63, 3.8) is 0 Å². The first kappa shape index (κ1) is 13.1. The van der Waals surface area contributed by atoms with Gasteiger partial charge in [0.05, 0.1) is 0 Å². The van der Waals surface area contributed by atoms with Crippen molar-refractivity contribution >= 4 is 11.6 Å². The number of aryl methyl sites for hydroxylation is 1. The molecule has 0 aromatic heterocycles. The van der Waals surface area contributed by atoms with Gasteiger partial charge in [-0.2, -0.15) is 0 Å². The average Bonchev–Trinajstić information content (AvgIpc) is 2.37. The molecule has 2 aromatic rings. The molecule has 0 heterocycles. The van der Waals surface area contributed by atoms with Crippen molar-refractivity contribution in [1.29, 1.82) is 0 Å². The van der Waals surface area contributed by atoms with Gasteiger partial charge in [-0.1, -0.05) is 59.6 Å². The summed E-state index contributed by atoms with van der Waals surface area (Å²) in [5, 5.41) is 4.26. The number of rotatable bonds is 5. The third kappa shape index (κ3) is 3.86. The molecule has 0 aliphatic rings. The third-order valence-electron chi connectivity index (χ3n) is 2.95. The van der Waals surface area contributed by atoms with Gasteiger partial charge in [0.15, 0.2) is 0 Å². The van der Waals surface area contributed by atoms with Crippen molar-refractivity contribution in [1.82, 2.24) is 5.32 Å². The maximum Gasteiger partial charge on any atom is 0.0450 e. The van der Waals surface area contributed by atoms with Crippen molar-refractivity contribution in [3.05, 3.63) is 70.2 Å². The van der Waals surface area contributed by atoms with Gasteiger partial charge in [0.1, 0.15) is 0 Å². The van der Waals surface area contributed by atoms with Crippen LogP contribution in [0.2, 0.25) is 5.02 Å². The van der Waals surface area contributed by atoms with E-state index in [0.29, 0.717) is 0 Å². The zero-order chi connectivity index (χ0) is 12.8. The Labute approximate surface area is 114 Å². The summed E-state index contributed by atoms with van der Waals surface area (Å²) in [6, 6.07) is 16.6. The molecular weight excluding hydrogens is 242 g/mol. The minimum absolute atomic E-state index is 0.825. The Bertz CT molecular complexity index is 508. The minimum atomic E-state index is 0.825. The summed E-state index contributed by atoms with van der Waals surface area (Å²) in [6.07, 6.45) is 1.05. The number of hydrogen-bond acceptors (Lipinski definition) is 1. The summed E-state index contributed by atoms with van der Waals surface area (Å²) in [5.41, 5.74) is 3.85. The Hall–Kier alpha value is -1.31. The standard InChI is InChI=1S/C16H18ClN/c1-13-5-4-6-14(11-13)9-10-18-12-15-7-2-3-8-16(15)17/h2-8,11,18H,9-10,12H2,1H3. The van der Waals surface area contributed by atoms with Crippen LogP contribution in [0.15, 0.2) is 48.5 Å². The van der Waals surface area contributed by atoms with E-state index < -0.39 is 0 Å². The van der Waals surface area contributed by atoms with Crippen molar-refractivity contribution in [2.24, 2.45) is 0 Å². The highest BCUT2D eigenvalue weighted by molar-refractivity contribution is 6.31. The quantitative estimate of drug-likeness (QED) is 0.801. The summed E-state index contributed by atoms with van der Waals surface area (Å²) >= 11 is 6.10. The molecule has 2 heteroatoms. The van der Waals surface area contributed by atoms with Crippen LogP contribution in [0, 0.1) is 6.92 Å². The Morgan fingerprint density at radius 2 is 1.89 bits per heavy atom. The lowest BCUT2D eigenvalue weighted by Gasteiger charge is -2.07. The van der Waals surface area contributed by atoms with Crippen LogP contribution in [0.4, 0.5) is 0 Å². The van der Waals surface area contributed by atoms with Gasteiger partial charge < -0.3 is 5.32 Å². The molecule has 18 heavy (non-hydrogen) atoms. The van der Waals surface area contributed by atoms with Crippen LogP contribution in [0.25, 0.3) is 0 Å². The number of hydrogen-bond donors (Lipinski definition) is 1. The largest absolute Gasteiger partial charge is 0.312 e. The summed E-state index contributed by atoms with van der Waals surface area (Å²) < 4.78 is 0. The van der Waals surface area contributed by atoms with E-state index in [9.17, 15) is 0 Å². The summed E-state index contributed by atoms with van der Waals surface area (Å²) in [6.45, 7) is 3.92. The van der Waals surface area contributed by atoms with Crippen molar-refractivity contribution in [2.75, 3.05) is 6.54 Å². The number of halogens is 1. The lowest BCUT2D eigenvalue weighted by Crippen LogP contribution is -2.16. The third-order valence-corrected chi connectivity index (χ3v) is 3.31. The van der Waals surface area contributed by atoms with E-state index in [4.69, 9.17) is 11.6 Å². The molecule has 1 N–H and O–H groups in total. The molecule has 0 radical (unpaired) electrons. The molecule has 0 spiro atoms. The maximum absolute atomic E-state index is 6.10. The first-order chi connectivity index (χ1) is 8.75. The second-order valence-corrected chi connectivity index (χ2v) is 4.91. The van der Waals surface area contributed by atoms with Gasteiger partial charge >= 0.3 is 0 Å². The molecule has 0 aliphatic heterocycles. The highest BCUT2D eigenvalue weighted by Gasteiger charge is 1.98. The lowest BCUT2D eigenvalue weighted by molar-refractivity contribution is 0.687. The topological polar surface area (TPSA) is 12.0 Å². The molecule has 0 unspecified atom stereocenters. The van der Waals surface area contributed by atoms with Crippen LogP contribution in [-0.4, -0.2) is 6.54 Å². The van der Waals surface area contributed by atoms with Gasteiger partial charge in [0.25, 0.3) is 0 Å². The minimum Gasteiger partial charge on any atom is -0.312 e. The van der Waals surface area contributed by atoms with E-state index in [1.165, 1.54) is 11.1 Å². The first-order valence-corrected chi connectivity index (χ1v) is 6.63. The highest BCUT2D eigenvalue weighted by atomic mass is 35.5. The van der Waals surface area contributed by atoms with Crippen LogP contribution in [0.5, 0.6) is 0 Å². The first-order valence-electron chi connectivity index (χ1n) is 6.25. The lowest BCUT2D eigenvalue weighted by atomic mass is 10.1. The smallest absolute Gasteiger partial charge is 0.0450 e. The van der Waals surface area contributed by atoms with E-state index in [1.54, 1.807) is 0 Å². The molecule has 94 valence electrons. The fourth-order valence-corrected chi connectivity index (χ4v) is 2.17. The molecule has 0 saturated heterocycles. The zero-order valence-electron chi connectivity index (χ0n) is 10.6. The monoisotopic (exact) mass is 259 g/mol. The van der Waals surface area contributed by atoms with Gasteiger partial charge in [0, 0.05) is 11.6 Å². The van der Waals surface area contributed by atoms with Crippen molar-refractivity contribution in [3.8, 4) is 0 Å². The second kappa shape index (κ2) is 6.58. The summed E-state index contributed by atoms with van der Waals surface area (Å²) in [7, 11) is 0. The SMILES string of the molecule is Cc1cccc(CCNCc2ccccc2Cl)c1. The van der Waals surface area contributed by atoms with Crippen molar-refractivity contribution < 1.29 is 0 Å². The van der Waals surface area contributed by atoms with Crippen molar-refractivity contribution in [2.45, 2.75) is 19.9 Å². The predicted octanol–water partition coefficient (Wildman–Crippen LogP) is 3.98. The molecular formula is C16H18ClN. The van der Waals surface area contributed by atoms with Crippen LogP contribution >= 0.6 is 11.6 Å². The molecule has 0 amide bonds. The van der Waals surface area contributed by atoms with E-state index in [1.807, 2.05) is 18.2 Å². The average molecular weight is 260 g/mol. The Balaban J connectivity index is 1.78. The van der Waals surface area contributed by atoms with Crippen LogP contribution in [0.3, 0.4) is 0 Å². The highest BCUT2D eigenvalue weighted by Crippen LogP contribution is 2.14. The Kier molecular flexibility index (Phi) is 4.80. The predicted molar refractivity (Wildman–Crippen MR) is 78.0 cm³/mol. The van der Waals surface area contributed by atoms with Crippen LogP contribution in [-0.2, 0) is 13.0 Å². The summed E-state index contributed by atoms with van der Waals surface area (Å²) in [4.78, 5) is 0. The molecule has 0 aliphatic carbocycles. The van der Waals surface area contributed by atoms with Gasteiger partial charge in [-0.25, -0.2) is 0 Å². The van der Waals surface area contributed by atoms with E-state index in [-0.39, 0.29) is 0 Å². The van der Waals surface area contributed by atoms with Crippen LogP contribution < -0.4 is 5.32 Å². The molecule has 2 aromatic carbocycles. The molecule has 0 saturated carbocycles. The van der Waals surface area contributed by atoms with E-state index in [0.717, 1.165) is 30.1 Å². The van der Waals surface area contributed by atoms with Gasteiger partial charge in [-0.05, 0) is 37.1 Å². The molecule has 1 nitrogen and oxygen atoms in total. The number of nitrogens with one attached hydrogen (secondary N) is 1. The van der Waals surface area contributed by atoms with E-state index in [2.05, 4.69) is 42.6 Å². The van der Waals surface area contributed by atoms with Crippen LogP contribution in [0.1, 0.15) is 16.7 Å². The molecule has 2 rings (SSSR count). The Morgan fingerprint density at radius 3 is 2.67 bits per heavy atom. The van der Waals surface area contributed by atoms with Gasteiger partial charge in [-0.15, -0.1) is 0 Å². The fraction of sp³-hybridized carbons (Fsp3) is 0.250. The molecule has 0 atom stereocenters. The normalized spacial score (nSPS) is 10.6. The Morgan fingerprint density at radius 1 is 1.06 bits per heavy atom. The van der Waals surface area contributed by atoms with Gasteiger partial charge in [-0.3, -0.25) is 0 Å².